The predicted octanol–water partition coefficient (Wildman–Crippen LogP) is 1.89. The molecule has 2 aromatic carbocycles. The van der Waals surface area contributed by atoms with E-state index in [0.717, 1.165) is 24.2 Å². The fraction of sp³-hybridized carbons (Fsp3) is 0.483. The van der Waals surface area contributed by atoms with Gasteiger partial charge in [0, 0.05) is 37.7 Å². The van der Waals surface area contributed by atoms with E-state index in [4.69, 9.17) is 18.9 Å². The Balaban J connectivity index is 1.17. The normalized spacial score (nSPS) is 21.7. The summed E-state index contributed by atoms with van der Waals surface area (Å²) in [5, 5.41) is 2.34. The number of nitrogens with zero attached hydrogens (tertiary/aromatic N) is 2. The van der Waals surface area contributed by atoms with Crippen LogP contribution in [0.5, 0.6) is 5.75 Å². The van der Waals surface area contributed by atoms with Gasteiger partial charge in [0.25, 0.3) is 5.91 Å². The molecular weight excluding hydrogens is 502 g/mol. The van der Waals surface area contributed by atoms with E-state index in [0.29, 0.717) is 57.4 Å². The van der Waals surface area contributed by atoms with Gasteiger partial charge in [-0.25, -0.2) is 0 Å². The van der Waals surface area contributed by atoms with Gasteiger partial charge >= 0.3 is 0 Å². The maximum atomic E-state index is 13.0. The Hall–Kier alpha value is -3.31. The molecule has 39 heavy (non-hydrogen) atoms. The van der Waals surface area contributed by atoms with Gasteiger partial charge in [-0.1, -0.05) is 30.3 Å². The summed E-state index contributed by atoms with van der Waals surface area (Å²) < 4.78 is 22.6. The van der Waals surface area contributed by atoms with Crippen LogP contribution in [0.3, 0.4) is 0 Å². The van der Waals surface area contributed by atoms with Crippen molar-refractivity contribution in [2.45, 2.75) is 44.6 Å². The fourth-order valence-electron chi connectivity index (χ4n) is 5.24. The lowest BCUT2D eigenvalue weighted by atomic mass is 10.0. The van der Waals surface area contributed by atoms with Crippen molar-refractivity contribution in [2.24, 2.45) is 0 Å². The van der Waals surface area contributed by atoms with E-state index in [1.54, 1.807) is 19.2 Å². The van der Waals surface area contributed by atoms with Gasteiger partial charge in [-0.05, 0) is 29.7 Å². The second-order valence-corrected chi connectivity index (χ2v) is 10.1. The lowest BCUT2D eigenvalue weighted by Crippen LogP contribution is -2.52. The number of amides is 3. The highest BCUT2D eigenvalue weighted by atomic mass is 16.5. The molecule has 3 aliphatic heterocycles. The van der Waals surface area contributed by atoms with Crippen LogP contribution in [0.15, 0.2) is 42.5 Å². The monoisotopic (exact) mass is 537 g/mol. The van der Waals surface area contributed by atoms with Crippen LogP contribution in [0.2, 0.25) is 0 Å². The third kappa shape index (κ3) is 6.47. The van der Waals surface area contributed by atoms with E-state index in [1.165, 1.54) is 10.5 Å². The molecule has 0 aliphatic carbocycles. The first-order valence-electron chi connectivity index (χ1n) is 13.4. The van der Waals surface area contributed by atoms with Gasteiger partial charge in [0.05, 0.1) is 45.6 Å². The number of ether oxygens (including phenoxy) is 4. The molecule has 2 saturated heterocycles. The summed E-state index contributed by atoms with van der Waals surface area (Å²) in [6.07, 6.45) is 0.559. The van der Waals surface area contributed by atoms with Crippen LogP contribution in [0.25, 0.3) is 0 Å². The highest BCUT2D eigenvalue weighted by Gasteiger charge is 2.40. The zero-order chi connectivity index (χ0) is 27.2. The van der Waals surface area contributed by atoms with Gasteiger partial charge in [-0.3, -0.25) is 24.6 Å². The lowest BCUT2D eigenvalue weighted by molar-refractivity contribution is -0.136. The van der Waals surface area contributed by atoms with Crippen molar-refractivity contribution in [3.63, 3.8) is 0 Å². The van der Waals surface area contributed by atoms with Crippen molar-refractivity contribution in [3.8, 4) is 5.75 Å². The standard InChI is InChI=1S/C29H35N3O7/c1-36-13-14-38-19-22-18-37-12-11-31(22)15-20-5-7-21(8-6-20)17-39-26-4-2-3-23-24(26)16-32(29(23)35)25-9-10-27(33)30-28(25)34/h2-8,22,25H,9-19H2,1H3,(H,30,33,34)/t22?,25-/m0/s1. The van der Waals surface area contributed by atoms with E-state index < -0.39 is 11.9 Å². The van der Waals surface area contributed by atoms with E-state index in [-0.39, 0.29) is 30.8 Å². The first-order valence-corrected chi connectivity index (χ1v) is 13.4. The second-order valence-electron chi connectivity index (χ2n) is 10.1. The third-order valence-electron chi connectivity index (χ3n) is 7.43. The Morgan fingerprint density at radius 1 is 1.05 bits per heavy atom. The quantitative estimate of drug-likeness (QED) is 0.342. The Kier molecular flexibility index (Phi) is 8.88. The number of fused-ring (bicyclic) bond motifs is 1. The summed E-state index contributed by atoms with van der Waals surface area (Å²) in [6, 6.07) is 13.3. The number of methoxy groups -OCH3 is 1. The van der Waals surface area contributed by atoms with E-state index in [2.05, 4.69) is 34.5 Å². The third-order valence-corrected chi connectivity index (χ3v) is 7.43. The highest BCUT2D eigenvalue weighted by Crippen LogP contribution is 2.34. The van der Waals surface area contributed by atoms with E-state index in [9.17, 15) is 14.4 Å². The first kappa shape index (κ1) is 27.3. The van der Waals surface area contributed by atoms with Gasteiger partial charge in [-0.2, -0.15) is 0 Å². The smallest absolute Gasteiger partial charge is 0.255 e. The van der Waals surface area contributed by atoms with Gasteiger partial charge in [0.15, 0.2) is 0 Å². The van der Waals surface area contributed by atoms with Gasteiger partial charge in [-0.15, -0.1) is 0 Å². The van der Waals surface area contributed by atoms with E-state index in [1.807, 2.05) is 6.07 Å². The molecule has 2 atom stereocenters. The molecule has 3 aliphatic rings. The molecule has 2 aromatic rings. The van der Waals surface area contributed by atoms with Crippen LogP contribution in [0, 0.1) is 0 Å². The van der Waals surface area contributed by atoms with Crippen molar-refractivity contribution in [2.75, 3.05) is 46.7 Å². The number of carbonyl (C=O) groups is 3. The molecule has 1 N–H and O–H groups in total. The molecule has 0 bridgehead atoms. The largest absolute Gasteiger partial charge is 0.489 e. The van der Waals surface area contributed by atoms with Crippen LogP contribution in [0.1, 0.15) is 39.9 Å². The molecule has 2 fully saturated rings. The zero-order valence-corrected chi connectivity index (χ0v) is 22.2. The molecule has 0 aromatic heterocycles. The minimum atomic E-state index is -0.647. The number of imide groups is 1. The summed E-state index contributed by atoms with van der Waals surface area (Å²) in [4.78, 5) is 40.8. The number of nitrogens with one attached hydrogen (secondary N) is 1. The number of hydrogen-bond acceptors (Lipinski definition) is 8. The van der Waals surface area contributed by atoms with Crippen molar-refractivity contribution in [3.05, 3.63) is 64.7 Å². The number of morpholine rings is 1. The summed E-state index contributed by atoms with van der Waals surface area (Å²) in [5.74, 6) is -0.298. The Morgan fingerprint density at radius 2 is 1.87 bits per heavy atom. The molecule has 3 amide bonds. The number of piperidine rings is 1. The van der Waals surface area contributed by atoms with Gasteiger partial charge in [0.2, 0.25) is 11.8 Å². The maximum Gasteiger partial charge on any atom is 0.255 e. The van der Waals surface area contributed by atoms with Crippen molar-refractivity contribution in [1.29, 1.82) is 0 Å². The van der Waals surface area contributed by atoms with Crippen molar-refractivity contribution >= 4 is 17.7 Å². The Labute approximate surface area is 228 Å². The summed E-state index contributed by atoms with van der Waals surface area (Å²) in [5.41, 5.74) is 3.53. The van der Waals surface area contributed by atoms with Crippen LogP contribution < -0.4 is 10.1 Å². The average molecular weight is 538 g/mol. The summed E-state index contributed by atoms with van der Waals surface area (Å²) in [6.45, 7) is 5.45. The minimum absolute atomic E-state index is 0.209. The fourth-order valence-corrected chi connectivity index (χ4v) is 5.24. The molecule has 1 unspecified atom stereocenters. The molecule has 208 valence electrons. The van der Waals surface area contributed by atoms with Crippen molar-refractivity contribution in [1.82, 2.24) is 15.1 Å². The predicted molar refractivity (Wildman–Crippen MR) is 141 cm³/mol. The molecular formula is C29H35N3O7. The maximum absolute atomic E-state index is 13.0. The van der Waals surface area contributed by atoms with Crippen molar-refractivity contribution < 1.29 is 33.3 Å². The molecule has 3 heterocycles. The molecule has 0 radical (unpaired) electrons. The van der Waals surface area contributed by atoms with Crippen LogP contribution in [-0.4, -0.2) is 86.3 Å². The minimum Gasteiger partial charge on any atom is -0.489 e. The SMILES string of the molecule is COCCOCC1COCCN1Cc1ccc(COc2cccc3c2CN([C@H]2CCC(=O)NC2=O)C3=O)cc1. The number of hydrogen-bond donors (Lipinski definition) is 1. The Morgan fingerprint density at radius 3 is 2.67 bits per heavy atom. The number of carbonyl (C=O) groups excluding carboxylic acids is 3. The van der Waals surface area contributed by atoms with Gasteiger partial charge in [0.1, 0.15) is 18.4 Å². The van der Waals surface area contributed by atoms with Crippen LogP contribution in [0.4, 0.5) is 0 Å². The summed E-state index contributed by atoms with van der Waals surface area (Å²) >= 11 is 0. The van der Waals surface area contributed by atoms with Crippen LogP contribution >= 0.6 is 0 Å². The van der Waals surface area contributed by atoms with E-state index >= 15 is 0 Å². The molecule has 0 saturated carbocycles. The average Bonchev–Trinajstić information content (AvgIpc) is 3.28. The number of rotatable bonds is 11. The lowest BCUT2D eigenvalue weighted by Gasteiger charge is -2.35. The molecule has 10 heteroatoms. The Bertz CT molecular complexity index is 1190. The summed E-state index contributed by atoms with van der Waals surface area (Å²) in [7, 11) is 1.67. The zero-order valence-electron chi connectivity index (χ0n) is 22.2. The topological polar surface area (TPSA) is 107 Å². The first-order chi connectivity index (χ1) is 19.0. The van der Waals surface area contributed by atoms with Crippen LogP contribution in [-0.2, 0) is 43.5 Å². The molecule has 10 nitrogen and oxygen atoms in total. The molecule has 0 spiro atoms. The van der Waals surface area contributed by atoms with Gasteiger partial charge < -0.3 is 23.8 Å². The number of benzene rings is 2. The second kappa shape index (κ2) is 12.7. The molecule has 5 rings (SSSR count). The highest BCUT2D eigenvalue weighted by molar-refractivity contribution is 6.05.